The van der Waals surface area contributed by atoms with E-state index in [9.17, 15) is 9.18 Å². The Morgan fingerprint density at radius 2 is 2.03 bits per heavy atom. The number of nitrogens with zero attached hydrogens (tertiary/aromatic N) is 6. The molecule has 0 unspecified atom stereocenters. The third kappa shape index (κ3) is 4.54. The van der Waals surface area contributed by atoms with Crippen molar-refractivity contribution in [3.63, 3.8) is 0 Å². The summed E-state index contributed by atoms with van der Waals surface area (Å²) in [5, 5.41) is 18.2. The number of amides is 1. The van der Waals surface area contributed by atoms with Crippen LogP contribution in [0.2, 0.25) is 0 Å². The van der Waals surface area contributed by atoms with Crippen molar-refractivity contribution in [3.8, 4) is 17.1 Å². The van der Waals surface area contributed by atoms with Crippen LogP contribution in [0.3, 0.4) is 0 Å². The summed E-state index contributed by atoms with van der Waals surface area (Å²) in [6.45, 7) is 1.80. The highest BCUT2D eigenvalue weighted by Crippen LogP contribution is 2.18. The number of carbonyl (C=O) groups is 1. The van der Waals surface area contributed by atoms with E-state index in [0.717, 1.165) is 5.69 Å². The van der Waals surface area contributed by atoms with E-state index < -0.39 is 0 Å². The third-order valence-corrected chi connectivity index (χ3v) is 4.36. The average molecular weight is 407 g/mol. The van der Waals surface area contributed by atoms with Crippen molar-refractivity contribution in [1.82, 2.24) is 30.3 Å². The van der Waals surface area contributed by atoms with Crippen LogP contribution < -0.4 is 5.32 Å². The zero-order valence-corrected chi connectivity index (χ0v) is 16.1. The summed E-state index contributed by atoms with van der Waals surface area (Å²) in [5.74, 6) is 1.02. The second-order valence-corrected chi connectivity index (χ2v) is 6.61. The van der Waals surface area contributed by atoms with Gasteiger partial charge < -0.3 is 9.84 Å². The minimum atomic E-state index is -0.327. The second kappa shape index (κ2) is 8.60. The van der Waals surface area contributed by atoms with E-state index in [0.29, 0.717) is 48.1 Å². The molecule has 4 rings (SSSR count). The molecule has 152 valence electrons. The van der Waals surface area contributed by atoms with Crippen molar-refractivity contribution >= 4 is 11.6 Å². The van der Waals surface area contributed by atoms with Gasteiger partial charge in [-0.05, 0) is 66.2 Å². The lowest BCUT2D eigenvalue weighted by Crippen LogP contribution is -2.12. The van der Waals surface area contributed by atoms with Gasteiger partial charge in [0.05, 0.1) is 5.69 Å². The largest absolute Gasteiger partial charge is 0.339 e. The van der Waals surface area contributed by atoms with Gasteiger partial charge in [0.15, 0.2) is 5.82 Å². The van der Waals surface area contributed by atoms with Gasteiger partial charge >= 0.3 is 0 Å². The van der Waals surface area contributed by atoms with E-state index in [-0.39, 0.29) is 11.7 Å². The fraction of sp³-hybridized carbons (Fsp3) is 0.200. The number of nitrogens with one attached hydrogen (secondary N) is 1. The molecule has 0 bridgehead atoms. The lowest BCUT2D eigenvalue weighted by molar-refractivity contribution is -0.116. The van der Waals surface area contributed by atoms with Gasteiger partial charge in [-0.25, -0.2) is 4.39 Å². The van der Waals surface area contributed by atoms with Gasteiger partial charge in [-0.2, -0.15) is 9.67 Å². The molecule has 0 atom stereocenters. The van der Waals surface area contributed by atoms with Gasteiger partial charge in [0.2, 0.25) is 17.6 Å². The first-order chi connectivity index (χ1) is 14.6. The molecule has 2 heterocycles. The molecule has 0 fully saturated rings. The summed E-state index contributed by atoms with van der Waals surface area (Å²) in [5.41, 5.74) is 2.08. The maximum atomic E-state index is 13.0. The molecule has 1 N–H and O–H groups in total. The van der Waals surface area contributed by atoms with Crippen LogP contribution in [-0.4, -0.2) is 36.3 Å². The summed E-state index contributed by atoms with van der Waals surface area (Å²) in [4.78, 5) is 16.6. The minimum Gasteiger partial charge on any atom is -0.339 e. The predicted octanol–water partition coefficient (Wildman–Crippen LogP) is 3.12. The fourth-order valence-corrected chi connectivity index (χ4v) is 2.88. The first-order valence-corrected chi connectivity index (χ1v) is 9.32. The second-order valence-electron chi connectivity index (χ2n) is 6.61. The van der Waals surface area contributed by atoms with Crippen LogP contribution in [0.1, 0.15) is 24.6 Å². The zero-order chi connectivity index (χ0) is 20.9. The molecular weight excluding hydrogens is 389 g/mol. The van der Waals surface area contributed by atoms with Gasteiger partial charge in [0, 0.05) is 24.1 Å². The number of anilines is 1. The van der Waals surface area contributed by atoms with E-state index >= 15 is 0 Å². The molecule has 0 aliphatic rings. The number of tetrazole rings is 1. The normalized spacial score (nSPS) is 10.9. The van der Waals surface area contributed by atoms with Crippen LogP contribution in [0.4, 0.5) is 10.1 Å². The number of aryl methyl sites for hydroxylation is 2. The van der Waals surface area contributed by atoms with Gasteiger partial charge in [-0.1, -0.05) is 11.2 Å². The van der Waals surface area contributed by atoms with Crippen molar-refractivity contribution in [2.45, 2.75) is 26.2 Å². The molecule has 0 aliphatic heterocycles. The summed E-state index contributed by atoms with van der Waals surface area (Å²) in [6, 6.07) is 13.1. The number of benzene rings is 2. The molecular formula is C20H18FN7O2. The molecule has 1 amide bonds. The van der Waals surface area contributed by atoms with Crippen LogP contribution in [0, 0.1) is 12.7 Å². The van der Waals surface area contributed by atoms with Gasteiger partial charge in [-0.3, -0.25) is 4.79 Å². The standard InChI is InChI=1S/C20H18FN7O2/c1-13-24-26-27-28(13)17-5-2-4-16(12-17)22-18(29)6-3-7-19-23-20(25-30-19)14-8-10-15(21)11-9-14/h2,4-5,8-12H,3,6-7H2,1H3,(H,22,29). The fourth-order valence-electron chi connectivity index (χ4n) is 2.88. The Bertz CT molecular complexity index is 1150. The summed E-state index contributed by atoms with van der Waals surface area (Å²) >= 11 is 0. The Labute approximate surface area is 170 Å². The summed E-state index contributed by atoms with van der Waals surface area (Å²) < 4.78 is 19.8. The molecule has 0 saturated carbocycles. The van der Waals surface area contributed by atoms with Gasteiger partial charge in [0.25, 0.3) is 0 Å². The first kappa shape index (κ1) is 19.4. The number of aromatic nitrogens is 6. The Morgan fingerprint density at radius 1 is 1.20 bits per heavy atom. The predicted molar refractivity (Wildman–Crippen MR) is 105 cm³/mol. The molecule has 2 aromatic carbocycles. The first-order valence-electron chi connectivity index (χ1n) is 9.32. The lowest BCUT2D eigenvalue weighted by Gasteiger charge is -2.07. The molecule has 0 radical (unpaired) electrons. The van der Waals surface area contributed by atoms with Crippen molar-refractivity contribution in [2.24, 2.45) is 0 Å². The van der Waals surface area contributed by atoms with E-state index in [1.807, 2.05) is 12.1 Å². The maximum absolute atomic E-state index is 13.0. The lowest BCUT2D eigenvalue weighted by atomic mass is 10.2. The van der Waals surface area contributed by atoms with Crippen molar-refractivity contribution < 1.29 is 13.7 Å². The minimum absolute atomic E-state index is 0.126. The van der Waals surface area contributed by atoms with Gasteiger partial charge in [-0.15, -0.1) is 5.10 Å². The van der Waals surface area contributed by atoms with Crippen LogP contribution >= 0.6 is 0 Å². The molecule has 9 nitrogen and oxygen atoms in total. The molecule has 30 heavy (non-hydrogen) atoms. The number of halogens is 1. The van der Waals surface area contributed by atoms with E-state index in [1.165, 1.54) is 12.1 Å². The highest BCUT2D eigenvalue weighted by molar-refractivity contribution is 5.90. The molecule has 10 heteroatoms. The smallest absolute Gasteiger partial charge is 0.226 e. The van der Waals surface area contributed by atoms with Crippen molar-refractivity contribution in [3.05, 3.63) is 66.1 Å². The average Bonchev–Trinajstić information content (AvgIpc) is 3.38. The molecule has 0 aliphatic carbocycles. The molecule has 0 saturated heterocycles. The summed E-state index contributed by atoms with van der Waals surface area (Å²) in [7, 11) is 0. The Kier molecular flexibility index (Phi) is 5.55. The van der Waals surface area contributed by atoms with Crippen LogP contribution in [0.5, 0.6) is 0 Å². The maximum Gasteiger partial charge on any atom is 0.226 e. The Balaban J connectivity index is 1.30. The number of hydrogen-bond acceptors (Lipinski definition) is 7. The molecule has 0 spiro atoms. The number of hydrogen-bond donors (Lipinski definition) is 1. The van der Waals surface area contributed by atoms with Crippen LogP contribution in [-0.2, 0) is 11.2 Å². The quantitative estimate of drug-likeness (QED) is 0.501. The monoisotopic (exact) mass is 407 g/mol. The SMILES string of the molecule is Cc1nnnn1-c1cccc(NC(=O)CCCc2nc(-c3ccc(F)cc3)no2)c1. The number of rotatable bonds is 7. The van der Waals surface area contributed by atoms with Crippen molar-refractivity contribution in [1.29, 1.82) is 0 Å². The molecule has 4 aromatic rings. The third-order valence-electron chi connectivity index (χ3n) is 4.36. The number of carbonyl (C=O) groups excluding carboxylic acids is 1. The van der Waals surface area contributed by atoms with Crippen LogP contribution in [0.25, 0.3) is 17.1 Å². The van der Waals surface area contributed by atoms with Crippen molar-refractivity contribution in [2.75, 3.05) is 5.32 Å². The summed E-state index contributed by atoms with van der Waals surface area (Å²) in [6.07, 6.45) is 1.30. The highest BCUT2D eigenvalue weighted by Gasteiger charge is 2.11. The topological polar surface area (TPSA) is 112 Å². The van der Waals surface area contributed by atoms with Gasteiger partial charge in [0.1, 0.15) is 5.82 Å². The zero-order valence-electron chi connectivity index (χ0n) is 16.1. The van der Waals surface area contributed by atoms with E-state index in [4.69, 9.17) is 4.52 Å². The van der Waals surface area contributed by atoms with E-state index in [2.05, 4.69) is 31.0 Å². The highest BCUT2D eigenvalue weighted by atomic mass is 19.1. The van der Waals surface area contributed by atoms with E-state index in [1.54, 1.807) is 35.9 Å². The Morgan fingerprint density at radius 3 is 2.80 bits per heavy atom. The molecule has 2 aromatic heterocycles. The van der Waals surface area contributed by atoms with Crippen LogP contribution in [0.15, 0.2) is 53.1 Å². The Hall–Kier alpha value is -3.95.